The molecule has 0 bridgehead atoms. The third kappa shape index (κ3) is 5.25. The van der Waals surface area contributed by atoms with Crippen molar-refractivity contribution in [1.82, 2.24) is 4.72 Å². The number of hydrogen-bond donors (Lipinski definition) is 2. The van der Waals surface area contributed by atoms with Gasteiger partial charge in [-0.1, -0.05) is 17.9 Å². The highest BCUT2D eigenvalue weighted by Crippen LogP contribution is 2.12. The van der Waals surface area contributed by atoms with Crippen LogP contribution in [0.2, 0.25) is 0 Å². The number of rotatable bonds is 5. The van der Waals surface area contributed by atoms with Crippen LogP contribution < -0.4 is 4.72 Å². The minimum Gasteiger partial charge on any atom is -0.384 e. The van der Waals surface area contributed by atoms with Crippen LogP contribution in [0, 0.1) is 11.8 Å². The summed E-state index contributed by atoms with van der Waals surface area (Å²) in [5.41, 5.74) is 0.564. The van der Waals surface area contributed by atoms with Gasteiger partial charge in [0.25, 0.3) is 0 Å². The molecular weight excluding hydrogens is 282 g/mol. The largest absolute Gasteiger partial charge is 0.384 e. The van der Waals surface area contributed by atoms with Crippen molar-refractivity contribution >= 4 is 21.8 Å². The minimum atomic E-state index is -3.52. The fraction of sp³-hybridized carbons (Fsp3) is 0.385. The summed E-state index contributed by atoms with van der Waals surface area (Å²) < 4.78 is 26.9. The van der Waals surface area contributed by atoms with Gasteiger partial charge in [-0.05, 0) is 31.4 Å². The second-order valence-corrected chi connectivity index (χ2v) is 6.59. The van der Waals surface area contributed by atoms with Crippen LogP contribution in [0.4, 0.5) is 0 Å². The summed E-state index contributed by atoms with van der Waals surface area (Å²) in [6, 6.07) is 6.23. The van der Waals surface area contributed by atoms with Gasteiger partial charge in [-0.15, -0.1) is 0 Å². The second kappa shape index (κ2) is 7.56. The van der Waals surface area contributed by atoms with Crippen molar-refractivity contribution in [2.24, 2.45) is 0 Å². The lowest BCUT2D eigenvalue weighted by Gasteiger charge is -2.13. The highest BCUT2D eigenvalue weighted by atomic mass is 32.2. The molecule has 0 fully saturated rings. The summed E-state index contributed by atoms with van der Waals surface area (Å²) >= 11 is 1.58. The molecule has 4 nitrogen and oxygen atoms in total. The average molecular weight is 299 g/mol. The van der Waals surface area contributed by atoms with E-state index in [9.17, 15) is 8.42 Å². The molecule has 0 aliphatic rings. The Hall–Kier alpha value is -1.00. The molecule has 19 heavy (non-hydrogen) atoms. The van der Waals surface area contributed by atoms with Gasteiger partial charge in [0.1, 0.15) is 6.61 Å². The Bertz CT molecular complexity index is 573. The first kappa shape index (κ1) is 16.1. The summed E-state index contributed by atoms with van der Waals surface area (Å²) in [6.07, 6.45) is 1.93. The van der Waals surface area contributed by atoms with Crippen LogP contribution in [0.15, 0.2) is 29.2 Å². The van der Waals surface area contributed by atoms with E-state index in [2.05, 4.69) is 16.6 Å². The Kier molecular flexibility index (Phi) is 6.38. The van der Waals surface area contributed by atoms with E-state index in [1.165, 1.54) is 12.1 Å². The predicted molar refractivity (Wildman–Crippen MR) is 78.6 cm³/mol. The number of aliphatic hydroxyl groups excluding tert-OH is 1. The molecule has 0 aliphatic carbocycles. The van der Waals surface area contributed by atoms with E-state index < -0.39 is 10.0 Å². The Balaban J connectivity index is 2.95. The highest BCUT2D eigenvalue weighted by molar-refractivity contribution is 7.98. The Morgan fingerprint density at radius 2 is 2.21 bits per heavy atom. The lowest BCUT2D eigenvalue weighted by molar-refractivity contribution is 0.350. The molecular formula is C13H17NO3S2. The molecule has 0 spiro atoms. The van der Waals surface area contributed by atoms with Gasteiger partial charge >= 0.3 is 0 Å². The molecule has 0 aromatic heterocycles. The zero-order valence-electron chi connectivity index (χ0n) is 10.9. The first-order valence-electron chi connectivity index (χ1n) is 5.70. The molecule has 0 heterocycles. The number of aliphatic hydroxyl groups is 1. The molecule has 104 valence electrons. The number of thioether (sulfide) groups is 1. The third-order valence-corrected chi connectivity index (χ3v) is 4.65. The molecule has 2 N–H and O–H groups in total. The molecule has 0 saturated carbocycles. The maximum absolute atomic E-state index is 12.1. The molecule has 0 radical (unpaired) electrons. The van der Waals surface area contributed by atoms with Crippen LogP contribution in [0.1, 0.15) is 12.5 Å². The smallest absolute Gasteiger partial charge is 0.240 e. The van der Waals surface area contributed by atoms with Gasteiger partial charge in [0.05, 0.1) is 4.90 Å². The minimum absolute atomic E-state index is 0.132. The SMILES string of the molecule is CSCC(C)NS(=O)(=O)c1cccc(C#CCO)c1. The predicted octanol–water partition coefficient (Wildman–Crippen LogP) is 1.06. The van der Waals surface area contributed by atoms with Crippen LogP contribution in [0.5, 0.6) is 0 Å². The fourth-order valence-electron chi connectivity index (χ4n) is 1.50. The van der Waals surface area contributed by atoms with E-state index in [-0.39, 0.29) is 17.5 Å². The summed E-state index contributed by atoms with van der Waals surface area (Å²) in [4.78, 5) is 0.185. The van der Waals surface area contributed by atoms with Crippen molar-refractivity contribution in [2.75, 3.05) is 18.6 Å². The quantitative estimate of drug-likeness (QED) is 0.798. The Morgan fingerprint density at radius 3 is 2.84 bits per heavy atom. The monoisotopic (exact) mass is 299 g/mol. The van der Waals surface area contributed by atoms with Crippen molar-refractivity contribution < 1.29 is 13.5 Å². The Morgan fingerprint density at radius 1 is 1.47 bits per heavy atom. The van der Waals surface area contributed by atoms with Gasteiger partial charge in [-0.3, -0.25) is 0 Å². The number of hydrogen-bond acceptors (Lipinski definition) is 4. The fourth-order valence-corrected chi connectivity index (χ4v) is 3.48. The van der Waals surface area contributed by atoms with Crippen molar-refractivity contribution in [3.05, 3.63) is 29.8 Å². The molecule has 6 heteroatoms. The van der Waals surface area contributed by atoms with Crippen LogP contribution in [0.3, 0.4) is 0 Å². The van der Waals surface area contributed by atoms with Crippen molar-refractivity contribution in [1.29, 1.82) is 0 Å². The van der Waals surface area contributed by atoms with Crippen molar-refractivity contribution in [3.63, 3.8) is 0 Å². The molecule has 0 saturated heterocycles. The van der Waals surface area contributed by atoms with E-state index in [0.717, 1.165) is 0 Å². The summed E-state index contributed by atoms with van der Waals surface area (Å²) in [5, 5.41) is 8.63. The summed E-state index contributed by atoms with van der Waals surface area (Å²) in [5.74, 6) is 5.89. The van der Waals surface area contributed by atoms with Gasteiger partial charge < -0.3 is 5.11 Å². The van der Waals surface area contributed by atoms with Crippen LogP contribution >= 0.6 is 11.8 Å². The first-order valence-corrected chi connectivity index (χ1v) is 8.58. The molecule has 1 aromatic rings. The Labute approximate surface area is 118 Å². The normalized spacial score (nSPS) is 12.6. The maximum Gasteiger partial charge on any atom is 0.240 e. The zero-order chi connectivity index (χ0) is 14.3. The zero-order valence-corrected chi connectivity index (χ0v) is 12.5. The number of nitrogens with one attached hydrogen (secondary N) is 1. The average Bonchev–Trinajstić information content (AvgIpc) is 2.36. The van der Waals surface area contributed by atoms with Crippen molar-refractivity contribution in [3.8, 4) is 11.8 Å². The van der Waals surface area contributed by atoms with E-state index in [1.807, 2.05) is 13.2 Å². The van der Waals surface area contributed by atoms with Gasteiger partial charge in [-0.25, -0.2) is 13.1 Å². The lowest BCUT2D eigenvalue weighted by Crippen LogP contribution is -2.34. The van der Waals surface area contributed by atoms with Gasteiger partial charge in [-0.2, -0.15) is 11.8 Å². The van der Waals surface area contributed by atoms with Gasteiger partial charge in [0.2, 0.25) is 10.0 Å². The summed E-state index contributed by atoms with van der Waals surface area (Å²) in [7, 11) is -3.52. The van der Waals surface area contributed by atoms with Crippen LogP contribution in [0.25, 0.3) is 0 Å². The highest BCUT2D eigenvalue weighted by Gasteiger charge is 2.17. The number of benzene rings is 1. The van der Waals surface area contributed by atoms with Crippen molar-refractivity contribution in [2.45, 2.75) is 17.9 Å². The van der Waals surface area contributed by atoms with E-state index >= 15 is 0 Å². The van der Waals surface area contributed by atoms with Crippen LogP contribution in [-0.2, 0) is 10.0 Å². The third-order valence-electron chi connectivity index (χ3n) is 2.23. The van der Waals surface area contributed by atoms with E-state index in [4.69, 9.17) is 5.11 Å². The van der Waals surface area contributed by atoms with Gasteiger partial charge in [0, 0.05) is 17.4 Å². The van der Waals surface area contributed by atoms with E-state index in [1.54, 1.807) is 23.9 Å². The summed E-state index contributed by atoms with van der Waals surface area (Å²) in [6.45, 7) is 1.57. The van der Waals surface area contributed by atoms with Crippen LogP contribution in [-0.4, -0.2) is 38.2 Å². The molecule has 1 aromatic carbocycles. The topological polar surface area (TPSA) is 66.4 Å². The number of sulfonamides is 1. The van der Waals surface area contributed by atoms with E-state index in [0.29, 0.717) is 11.3 Å². The standard InChI is InChI=1S/C13H17NO3S2/c1-11(10-18-2)14-19(16,17)13-7-3-5-12(9-13)6-4-8-15/h3,5,7,9,11,14-15H,8,10H2,1-2H3. The first-order chi connectivity index (χ1) is 8.99. The molecule has 0 amide bonds. The molecule has 0 aliphatic heterocycles. The maximum atomic E-state index is 12.1. The molecule has 1 unspecified atom stereocenters. The lowest BCUT2D eigenvalue weighted by atomic mass is 10.2. The molecule has 1 rings (SSSR count). The second-order valence-electron chi connectivity index (χ2n) is 3.97. The molecule has 1 atom stereocenters. The van der Waals surface area contributed by atoms with Gasteiger partial charge in [0.15, 0.2) is 0 Å².